The van der Waals surface area contributed by atoms with Crippen molar-refractivity contribution in [3.8, 4) is 0 Å². The summed E-state index contributed by atoms with van der Waals surface area (Å²) in [5.41, 5.74) is 0. The molecule has 98 valence electrons. The number of sulfone groups is 1. The van der Waals surface area contributed by atoms with Crippen molar-refractivity contribution in [3.05, 3.63) is 18.7 Å². The van der Waals surface area contributed by atoms with Gasteiger partial charge in [0.1, 0.15) is 0 Å². The second kappa shape index (κ2) is 6.76. The molecule has 0 bridgehead atoms. The van der Waals surface area contributed by atoms with Crippen LogP contribution in [-0.4, -0.2) is 42.1 Å². The lowest BCUT2D eigenvalue weighted by Crippen LogP contribution is -2.34. The second-order valence-corrected chi connectivity index (χ2v) is 6.57. The highest BCUT2D eigenvalue weighted by Crippen LogP contribution is 1.94. The molecular weight excluding hydrogens is 238 g/mol. The van der Waals surface area contributed by atoms with Crippen LogP contribution in [0.1, 0.15) is 20.3 Å². The van der Waals surface area contributed by atoms with Crippen LogP contribution in [0.25, 0.3) is 0 Å². The molecule has 0 radical (unpaired) electrons. The molecule has 1 N–H and O–H groups in total. The van der Waals surface area contributed by atoms with Crippen molar-refractivity contribution in [2.75, 3.05) is 18.1 Å². The van der Waals surface area contributed by atoms with Crippen LogP contribution < -0.4 is 5.32 Å². The molecule has 6 heteroatoms. The van der Waals surface area contributed by atoms with E-state index in [1.54, 1.807) is 12.5 Å². The Morgan fingerprint density at radius 3 is 2.76 bits per heavy atom. The molecule has 0 aliphatic rings. The molecular formula is C11H21N3O2S. The first-order chi connectivity index (χ1) is 8.03. The molecule has 1 heterocycles. The second-order valence-electron chi connectivity index (χ2n) is 4.27. The first-order valence-electron chi connectivity index (χ1n) is 5.93. The molecule has 0 aromatic carbocycles. The minimum Gasteiger partial charge on any atom is -0.336 e. The van der Waals surface area contributed by atoms with E-state index in [0.29, 0.717) is 13.0 Å². The van der Waals surface area contributed by atoms with Crippen LogP contribution in [0.2, 0.25) is 0 Å². The molecule has 17 heavy (non-hydrogen) atoms. The summed E-state index contributed by atoms with van der Waals surface area (Å²) in [5, 5.41) is 3.21. The molecule has 1 aromatic heterocycles. The summed E-state index contributed by atoms with van der Waals surface area (Å²) < 4.78 is 24.9. The predicted molar refractivity (Wildman–Crippen MR) is 68.6 cm³/mol. The quantitative estimate of drug-likeness (QED) is 0.746. The van der Waals surface area contributed by atoms with E-state index in [9.17, 15) is 8.42 Å². The summed E-state index contributed by atoms with van der Waals surface area (Å²) in [5.74, 6) is 0.500. The van der Waals surface area contributed by atoms with Crippen molar-refractivity contribution in [1.29, 1.82) is 0 Å². The van der Waals surface area contributed by atoms with Gasteiger partial charge in [-0.3, -0.25) is 0 Å². The largest absolute Gasteiger partial charge is 0.336 e. The van der Waals surface area contributed by atoms with Crippen LogP contribution in [0.4, 0.5) is 0 Å². The summed E-state index contributed by atoms with van der Waals surface area (Å²) in [6.45, 7) is 5.23. The molecule has 0 saturated carbocycles. The average molecular weight is 259 g/mol. The van der Waals surface area contributed by atoms with Crippen molar-refractivity contribution < 1.29 is 8.42 Å². The van der Waals surface area contributed by atoms with E-state index in [1.165, 1.54) is 0 Å². The molecule has 0 spiro atoms. The van der Waals surface area contributed by atoms with E-state index in [1.807, 2.05) is 24.6 Å². The number of rotatable bonds is 8. The third kappa shape index (κ3) is 5.83. The van der Waals surface area contributed by atoms with Crippen molar-refractivity contribution in [2.45, 2.75) is 32.9 Å². The van der Waals surface area contributed by atoms with Gasteiger partial charge in [-0.15, -0.1) is 0 Å². The molecule has 0 saturated heterocycles. The van der Waals surface area contributed by atoms with Gasteiger partial charge in [-0.05, 0) is 13.3 Å². The van der Waals surface area contributed by atoms with Crippen LogP contribution >= 0.6 is 0 Å². The van der Waals surface area contributed by atoms with Gasteiger partial charge >= 0.3 is 0 Å². The Morgan fingerprint density at radius 2 is 2.18 bits per heavy atom. The zero-order chi connectivity index (χ0) is 12.7. The van der Waals surface area contributed by atoms with Crippen molar-refractivity contribution in [3.63, 3.8) is 0 Å². The van der Waals surface area contributed by atoms with Gasteiger partial charge in [-0.2, -0.15) is 0 Å². The van der Waals surface area contributed by atoms with Crippen molar-refractivity contribution >= 4 is 9.84 Å². The number of imidazole rings is 1. The smallest absolute Gasteiger partial charge is 0.151 e. The summed E-state index contributed by atoms with van der Waals surface area (Å²) in [4.78, 5) is 3.96. The first-order valence-corrected chi connectivity index (χ1v) is 7.75. The van der Waals surface area contributed by atoms with E-state index in [4.69, 9.17) is 0 Å². The van der Waals surface area contributed by atoms with Gasteiger partial charge in [-0.1, -0.05) is 6.92 Å². The van der Waals surface area contributed by atoms with Gasteiger partial charge < -0.3 is 9.88 Å². The zero-order valence-corrected chi connectivity index (χ0v) is 11.3. The van der Waals surface area contributed by atoms with Crippen LogP contribution in [0.3, 0.4) is 0 Å². The van der Waals surface area contributed by atoms with Crippen LogP contribution in [0.5, 0.6) is 0 Å². The van der Waals surface area contributed by atoms with Crippen LogP contribution in [0, 0.1) is 0 Å². The Bertz CT molecular complexity index is 400. The maximum Gasteiger partial charge on any atom is 0.151 e. The van der Waals surface area contributed by atoms with E-state index in [2.05, 4.69) is 10.3 Å². The third-order valence-corrected chi connectivity index (χ3v) is 4.32. The third-order valence-electron chi connectivity index (χ3n) is 2.46. The molecule has 0 aliphatic heterocycles. The van der Waals surface area contributed by atoms with Gasteiger partial charge in [0.2, 0.25) is 0 Å². The van der Waals surface area contributed by atoms with E-state index < -0.39 is 9.84 Å². The lowest BCUT2D eigenvalue weighted by Gasteiger charge is -2.14. The van der Waals surface area contributed by atoms with Crippen LogP contribution in [-0.2, 0) is 16.4 Å². The van der Waals surface area contributed by atoms with Gasteiger partial charge in [-0.25, -0.2) is 13.4 Å². The molecule has 1 rings (SSSR count). The Hall–Kier alpha value is -0.880. The Labute approximate surface area is 103 Å². The van der Waals surface area contributed by atoms with Gasteiger partial charge in [0.25, 0.3) is 0 Å². The molecule has 1 aromatic rings. The standard InChI is InChI=1S/C11H21N3O2S/c1-3-7-17(15,16)8-5-13-11(2)9-14-6-4-12-10-14/h4,6,10-11,13H,3,5,7-9H2,1-2H3. The first kappa shape index (κ1) is 14.2. The molecule has 0 amide bonds. The number of nitrogens with one attached hydrogen (secondary N) is 1. The molecule has 5 nitrogen and oxygen atoms in total. The Morgan fingerprint density at radius 1 is 1.41 bits per heavy atom. The summed E-state index contributed by atoms with van der Waals surface area (Å²) in [6, 6.07) is 0.237. The predicted octanol–water partition coefficient (Wildman–Crippen LogP) is 0.686. The Balaban J connectivity index is 2.22. The average Bonchev–Trinajstić information content (AvgIpc) is 2.69. The van der Waals surface area contributed by atoms with E-state index in [-0.39, 0.29) is 17.5 Å². The maximum atomic E-state index is 11.5. The summed E-state index contributed by atoms with van der Waals surface area (Å²) in [7, 11) is -2.87. The fourth-order valence-electron chi connectivity index (χ4n) is 1.65. The van der Waals surface area contributed by atoms with Crippen molar-refractivity contribution in [2.24, 2.45) is 0 Å². The number of hydrogen-bond acceptors (Lipinski definition) is 4. The fourth-order valence-corrected chi connectivity index (χ4v) is 2.90. The van der Waals surface area contributed by atoms with Gasteiger partial charge in [0.15, 0.2) is 9.84 Å². The topological polar surface area (TPSA) is 64.0 Å². The number of hydrogen-bond donors (Lipinski definition) is 1. The Kier molecular flexibility index (Phi) is 5.64. The number of aromatic nitrogens is 2. The SMILES string of the molecule is CCCS(=O)(=O)CCNC(C)Cn1ccnc1. The molecule has 1 unspecified atom stereocenters. The highest BCUT2D eigenvalue weighted by Gasteiger charge is 2.09. The highest BCUT2D eigenvalue weighted by molar-refractivity contribution is 7.91. The molecule has 0 aliphatic carbocycles. The summed E-state index contributed by atoms with van der Waals surface area (Å²) >= 11 is 0. The fraction of sp³-hybridized carbons (Fsp3) is 0.727. The minimum atomic E-state index is -2.87. The normalized spacial score (nSPS) is 13.8. The van der Waals surface area contributed by atoms with E-state index >= 15 is 0 Å². The zero-order valence-electron chi connectivity index (χ0n) is 10.5. The van der Waals surface area contributed by atoms with Crippen LogP contribution in [0.15, 0.2) is 18.7 Å². The lowest BCUT2D eigenvalue weighted by atomic mass is 10.3. The lowest BCUT2D eigenvalue weighted by molar-refractivity contribution is 0.487. The van der Waals surface area contributed by atoms with Crippen molar-refractivity contribution in [1.82, 2.24) is 14.9 Å². The summed E-state index contributed by atoms with van der Waals surface area (Å²) in [6.07, 6.45) is 6.07. The molecule has 0 fully saturated rings. The monoisotopic (exact) mass is 259 g/mol. The van der Waals surface area contributed by atoms with Gasteiger partial charge in [0.05, 0.1) is 12.1 Å². The number of nitrogens with zero attached hydrogens (tertiary/aromatic N) is 2. The van der Waals surface area contributed by atoms with Gasteiger partial charge in [0, 0.05) is 37.3 Å². The molecule has 1 atom stereocenters. The maximum absolute atomic E-state index is 11.5. The minimum absolute atomic E-state index is 0.217. The van der Waals surface area contributed by atoms with E-state index in [0.717, 1.165) is 6.54 Å². The highest BCUT2D eigenvalue weighted by atomic mass is 32.2.